The largest absolute Gasteiger partial charge is 0.494 e. The van der Waals surface area contributed by atoms with E-state index < -0.39 is 5.97 Å². The molecule has 0 aliphatic rings. The summed E-state index contributed by atoms with van der Waals surface area (Å²) < 4.78 is 7.22. The van der Waals surface area contributed by atoms with Crippen LogP contribution in [0.2, 0.25) is 0 Å². The van der Waals surface area contributed by atoms with Crippen molar-refractivity contribution in [3.63, 3.8) is 0 Å². The van der Waals surface area contributed by atoms with Gasteiger partial charge in [-0.3, -0.25) is 4.68 Å². The van der Waals surface area contributed by atoms with Gasteiger partial charge >= 0.3 is 5.97 Å². The Bertz CT molecular complexity index is 494. The summed E-state index contributed by atoms with van der Waals surface area (Å²) in [5, 5.41) is 12.7. The monoisotopic (exact) mass is 247 g/mol. The molecule has 0 saturated carbocycles. The maximum absolute atomic E-state index is 10.6. The van der Waals surface area contributed by atoms with Crippen LogP contribution in [0.4, 0.5) is 0 Å². The van der Waals surface area contributed by atoms with E-state index in [-0.39, 0.29) is 5.56 Å². The number of nitrogens with zero attached hydrogens (tertiary/aromatic N) is 3. The van der Waals surface area contributed by atoms with Crippen LogP contribution in [-0.2, 0) is 6.54 Å². The van der Waals surface area contributed by atoms with Gasteiger partial charge in [-0.05, 0) is 24.3 Å². The van der Waals surface area contributed by atoms with E-state index in [1.165, 1.54) is 18.5 Å². The topological polar surface area (TPSA) is 77.2 Å². The van der Waals surface area contributed by atoms with E-state index >= 15 is 0 Å². The van der Waals surface area contributed by atoms with Crippen molar-refractivity contribution in [1.82, 2.24) is 14.8 Å². The summed E-state index contributed by atoms with van der Waals surface area (Å²) in [6.07, 6.45) is 3.96. The molecule has 2 aromatic rings. The van der Waals surface area contributed by atoms with E-state index in [0.29, 0.717) is 12.4 Å². The van der Waals surface area contributed by atoms with Crippen LogP contribution in [-0.4, -0.2) is 32.4 Å². The third-order valence-electron chi connectivity index (χ3n) is 2.37. The van der Waals surface area contributed by atoms with Crippen molar-refractivity contribution in [3.8, 4) is 5.75 Å². The van der Waals surface area contributed by atoms with Crippen molar-refractivity contribution in [2.75, 3.05) is 6.61 Å². The summed E-state index contributed by atoms with van der Waals surface area (Å²) in [6.45, 7) is 1.29. The van der Waals surface area contributed by atoms with Crippen LogP contribution in [0.15, 0.2) is 36.9 Å². The average Bonchev–Trinajstić information content (AvgIpc) is 2.88. The van der Waals surface area contributed by atoms with Gasteiger partial charge in [-0.15, -0.1) is 0 Å². The van der Waals surface area contributed by atoms with E-state index in [9.17, 15) is 4.79 Å². The smallest absolute Gasteiger partial charge is 0.335 e. The molecule has 0 saturated heterocycles. The number of carboxylic acid groups (broad SMARTS) is 1. The molecule has 0 amide bonds. The number of aromatic carboxylic acids is 1. The molecule has 0 fully saturated rings. The molecule has 6 heteroatoms. The van der Waals surface area contributed by atoms with Gasteiger partial charge in [0.1, 0.15) is 18.4 Å². The standard InChI is InChI=1S/C12H13N3O3/c16-12(17)10-2-4-11(5-3-10)18-7-1-6-15-9-13-8-14-15/h2-5,8-9H,1,6-7H2,(H,16,17). The summed E-state index contributed by atoms with van der Waals surface area (Å²) in [5.41, 5.74) is 0.255. The molecule has 1 N–H and O–H groups in total. The number of aryl methyl sites for hydroxylation is 1. The predicted molar refractivity (Wildman–Crippen MR) is 63.5 cm³/mol. The lowest BCUT2D eigenvalue weighted by Gasteiger charge is -2.06. The molecule has 6 nitrogen and oxygen atoms in total. The highest BCUT2D eigenvalue weighted by atomic mass is 16.5. The predicted octanol–water partition coefficient (Wildman–Crippen LogP) is 1.45. The van der Waals surface area contributed by atoms with Crippen LogP contribution in [0, 0.1) is 0 Å². The number of ether oxygens (including phenoxy) is 1. The van der Waals surface area contributed by atoms with Crippen molar-refractivity contribution in [2.45, 2.75) is 13.0 Å². The average molecular weight is 247 g/mol. The Morgan fingerprint density at radius 2 is 2.11 bits per heavy atom. The van der Waals surface area contributed by atoms with Crippen molar-refractivity contribution >= 4 is 5.97 Å². The molecular formula is C12H13N3O3. The molecule has 0 radical (unpaired) electrons. The number of benzene rings is 1. The number of rotatable bonds is 6. The Morgan fingerprint density at radius 3 is 2.72 bits per heavy atom. The van der Waals surface area contributed by atoms with Crippen LogP contribution in [0.1, 0.15) is 16.8 Å². The minimum absolute atomic E-state index is 0.255. The lowest BCUT2D eigenvalue weighted by molar-refractivity contribution is 0.0697. The maximum Gasteiger partial charge on any atom is 0.335 e. The highest BCUT2D eigenvalue weighted by Crippen LogP contribution is 2.12. The molecule has 1 aromatic heterocycles. The van der Waals surface area contributed by atoms with Crippen molar-refractivity contribution < 1.29 is 14.6 Å². The number of hydrogen-bond donors (Lipinski definition) is 1. The zero-order valence-electron chi connectivity index (χ0n) is 9.69. The minimum atomic E-state index is -0.937. The number of carbonyl (C=O) groups is 1. The van der Waals surface area contributed by atoms with Gasteiger partial charge in [-0.25, -0.2) is 9.78 Å². The van der Waals surface area contributed by atoms with Gasteiger partial charge < -0.3 is 9.84 Å². The number of aromatic nitrogens is 3. The minimum Gasteiger partial charge on any atom is -0.494 e. The quantitative estimate of drug-likeness (QED) is 0.781. The molecular weight excluding hydrogens is 234 g/mol. The molecule has 18 heavy (non-hydrogen) atoms. The Labute approximate surface area is 104 Å². The van der Waals surface area contributed by atoms with Gasteiger partial charge in [0, 0.05) is 13.0 Å². The number of carboxylic acids is 1. The highest BCUT2D eigenvalue weighted by Gasteiger charge is 2.01. The van der Waals surface area contributed by atoms with Crippen LogP contribution >= 0.6 is 0 Å². The Morgan fingerprint density at radius 1 is 1.33 bits per heavy atom. The zero-order chi connectivity index (χ0) is 12.8. The van der Waals surface area contributed by atoms with Crippen molar-refractivity contribution in [1.29, 1.82) is 0 Å². The molecule has 0 aliphatic carbocycles. The Balaban J connectivity index is 1.75. The van der Waals surface area contributed by atoms with Gasteiger partial charge in [0.15, 0.2) is 0 Å². The van der Waals surface area contributed by atoms with E-state index in [1.807, 2.05) is 0 Å². The molecule has 0 spiro atoms. The summed E-state index contributed by atoms with van der Waals surface area (Å²) in [6, 6.07) is 6.35. The van der Waals surface area contributed by atoms with Crippen LogP contribution in [0.3, 0.4) is 0 Å². The highest BCUT2D eigenvalue weighted by molar-refractivity contribution is 5.87. The van der Waals surface area contributed by atoms with E-state index in [1.54, 1.807) is 23.1 Å². The second-order valence-electron chi connectivity index (χ2n) is 3.69. The third-order valence-corrected chi connectivity index (χ3v) is 2.37. The molecule has 0 atom stereocenters. The molecule has 94 valence electrons. The summed E-state index contributed by atoms with van der Waals surface area (Å²) in [5.74, 6) is -0.272. The maximum atomic E-state index is 10.6. The lowest BCUT2D eigenvalue weighted by Crippen LogP contribution is -2.05. The molecule has 0 bridgehead atoms. The fraction of sp³-hybridized carbons (Fsp3) is 0.250. The Kier molecular flexibility index (Phi) is 3.90. The fourth-order valence-corrected chi connectivity index (χ4v) is 1.46. The summed E-state index contributed by atoms with van der Waals surface area (Å²) in [4.78, 5) is 14.5. The van der Waals surface area contributed by atoms with Crippen LogP contribution < -0.4 is 4.74 Å². The van der Waals surface area contributed by atoms with Gasteiger partial charge in [-0.2, -0.15) is 5.10 Å². The second-order valence-corrected chi connectivity index (χ2v) is 3.69. The first-order valence-electron chi connectivity index (χ1n) is 5.54. The lowest BCUT2D eigenvalue weighted by atomic mass is 10.2. The molecule has 0 aliphatic heterocycles. The first-order valence-corrected chi connectivity index (χ1v) is 5.54. The Hall–Kier alpha value is -2.37. The van der Waals surface area contributed by atoms with Gasteiger partial charge in [0.2, 0.25) is 0 Å². The van der Waals surface area contributed by atoms with Crippen molar-refractivity contribution in [3.05, 3.63) is 42.5 Å². The zero-order valence-corrected chi connectivity index (χ0v) is 9.69. The van der Waals surface area contributed by atoms with Crippen LogP contribution in [0.25, 0.3) is 0 Å². The van der Waals surface area contributed by atoms with E-state index in [4.69, 9.17) is 9.84 Å². The van der Waals surface area contributed by atoms with Gasteiger partial charge in [0.05, 0.1) is 12.2 Å². The van der Waals surface area contributed by atoms with E-state index in [0.717, 1.165) is 13.0 Å². The van der Waals surface area contributed by atoms with Crippen LogP contribution in [0.5, 0.6) is 5.75 Å². The fourth-order valence-electron chi connectivity index (χ4n) is 1.46. The summed E-state index contributed by atoms with van der Waals surface area (Å²) >= 11 is 0. The molecule has 1 aromatic carbocycles. The summed E-state index contributed by atoms with van der Waals surface area (Å²) in [7, 11) is 0. The normalized spacial score (nSPS) is 10.2. The SMILES string of the molecule is O=C(O)c1ccc(OCCCn2cncn2)cc1. The van der Waals surface area contributed by atoms with Gasteiger partial charge in [-0.1, -0.05) is 0 Å². The molecule has 0 unspecified atom stereocenters. The second kappa shape index (κ2) is 5.81. The van der Waals surface area contributed by atoms with Gasteiger partial charge in [0.25, 0.3) is 0 Å². The number of hydrogen-bond acceptors (Lipinski definition) is 4. The van der Waals surface area contributed by atoms with Crippen molar-refractivity contribution in [2.24, 2.45) is 0 Å². The first kappa shape index (κ1) is 12.1. The first-order chi connectivity index (χ1) is 8.75. The third kappa shape index (κ3) is 3.31. The molecule has 2 rings (SSSR count). The molecule has 1 heterocycles. The van der Waals surface area contributed by atoms with E-state index in [2.05, 4.69) is 10.1 Å².